The highest BCUT2D eigenvalue weighted by atomic mass is 35.5. The normalized spacial score (nSPS) is 13.7. The Bertz CT molecular complexity index is 289. The lowest BCUT2D eigenvalue weighted by molar-refractivity contribution is -0.130. The largest absolute Gasteiger partial charge is 0.347 e. The van der Waals surface area contributed by atoms with Crippen LogP contribution in [0.2, 0.25) is 0 Å². The van der Waals surface area contributed by atoms with Gasteiger partial charge >= 0.3 is 0 Å². The van der Waals surface area contributed by atoms with Crippen molar-refractivity contribution in [2.24, 2.45) is 0 Å². The topological polar surface area (TPSA) is 66.5 Å². The molecule has 0 aromatic carbocycles. The van der Waals surface area contributed by atoms with Gasteiger partial charge in [0, 0.05) is 20.0 Å². The van der Waals surface area contributed by atoms with E-state index in [0.717, 1.165) is 0 Å². The number of sulfonamides is 1. The number of rotatable bonds is 5. The first kappa shape index (κ1) is 13.7. The lowest BCUT2D eigenvalue weighted by atomic mass is 10.3. The maximum absolute atomic E-state index is 11.3. The molecule has 0 aliphatic heterocycles. The summed E-state index contributed by atoms with van der Waals surface area (Å²) in [4.78, 5) is 12.6. The molecule has 7 heteroatoms. The fraction of sp³-hybridized carbons (Fsp3) is 0.857. The molecule has 14 heavy (non-hydrogen) atoms. The molecule has 0 fully saturated rings. The number of carbonyl (C=O) groups excluding carboxylic acids is 1. The van der Waals surface area contributed by atoms with E-state index in [9.17, 15) is 13.2 Å². The molecule has 0 saturated carbocycles. The Balaban J connectivity index is 4.32. The summed E-state index contributed by atoms with van der Waals surface area (Å²) >= 11 is 5.30. The molecule has 5 nitrogen and oxygen atoms in total. The van der Waals surface area contributed by atoms with E-state index in [4.69, 9.17) is 11.6 Å². The first-order chi connectivity index (χ1) is 6.30. The smallest absolute Gasteiger partial charge is 0.239 e. The lowest BCUT2D eigenvalue weighted by Crippen LogP contribution is -2.45. The molecule has 1 atom stereocenters. The number of halogens is 1. The van der Waals surface area contributed by atoms with Gasteiger partial charge in [-0.25, -0.2) is 13.1 Å². The molecule has 0 rings (SSSR count). The summed E-state index contributed by atoms with van der Waals surface area (Å²) in [5.41, 5.74) is 0. The molecule has 1 amide bonds. The second-order valence-electron chi connectivity index (χ2n) is 3.08. The van der Waals surface area contributed by atoms with Crippen LogP contribution in [0.3, 0.4) is 0 Å². The van der Waals surface area contributed by atoms with Crippen LogP contribution in [-0.2, 0) is 14.8 Å². The van der Waals surface area contributed by atoms with Gasteiger partial charge in [0.05, 0.1) is 11.8 Å². The monoisotopic (exact) mass is 242 g/mol. The number of alkyl halides is 1. The minimum absolute atomic E-state index is 0.0121. The fourth-order valence-corrected chi connectivity index (χ4v) is 2.44. The zero-order valence-electron chi connectivity index (χ0n) is 8.45. The van der Waals surface area contributed by atoms with Crippen molar-refractivity contribution in [1.82, 2.24) is 9.62 Å². The van der Waals surface area contributed by atoms with E-state index in [1.54, 1.807) is 14.1 Å². The van der Waals surface area contributed by atoms with Crippen molar-refractivity contribution < 1.29 is 13.2 Å². The third-order valence-corrected chi connectivity index (χ3v) is 3.38. The highest BCUT2D eigenvalue weighted by molar-refractivity contribution is 7.89. The van der Waals surface area contributed by atoms with Crippen LogP contribution in [0, 0.1) is 0 Å². The molecule has 0 aromatic rings. The quantitative estimate of drug-likeness (QED) is 0.669. The summed E-state index contributed by atoms with van der Waals surface area (Å²) in [6.07, 6.45) is 0. The standard InChI is InChI=1S/C7H15ClN2O3S/c1-6(7(11)10(2)3)9-14(12,13)5-4-8/h6,9H,4-5H2,1-3H3. The average molecular weight is 243 g/mol. The summed E-state index contributed by atoms with van der Waals surface area (Å²) in [7, 11) is -0.311. The third kappa shape index (κ3) is 4.78. The molecule has 0 aromatic heterocycles. The third-order valence-electron chi connectivity index (χ3n) is 1.51. The van der Waals surface area contributed by atoms with Crippen LogP contribution in [0.4, 0.5) is 0 Å². The molecular weight excluding hydrogens is 228 g/mol. The molecule has 0 spiro atoms. The number of likely N-dealkylation sites (N-methyl/N-ethyl adjacent to an activating group) is 1. The Morgan fingerprint density at radius 1 is 1.50 bits per heavy atom. The van der Waals surface area contributed by atoms with Gasteiger partial charge in [0.25, 0.3) is 0 Å². The molecule has 1 unspecified atom stereocenters. The predicted molar refractivity (Wildman–Crippen MR) is 55.8 cm³/mol. The van der Waals surface area contributed by atoms with Crippen LogP contribution in [0.1, 0.15) is 6.92 Å². The zero-order chi connectivity index (χ0) is 11.4. The van der Waals surface area contributed by atoms with Crippen molar-refractivity contribution in [2.45, 2.75) is 13.0 Å². The van der Waals surface area contributed by atoms with Gasteiger partial charge in [0.2, 0.25) is 15.9 Å². The van der Waals surface area contributed by atoms with Crippen LogP contribution >= 0.6 is 11.6 Å². The minimum atomic E-state index is -3.44. The highest BCUT2D eigenvalue weighted by Gasteiger charge is 2.20. The molecule has 0 aliphatic rings. The van der Waals surface area contributed by atoms with Crippen LogP contribution in [0.5, 0.6) is 0 Å². The molecule has 0 heterocycles. The van der Waals surface area contributed by atoms with Crippen LogP contribution in [0.15, 0.2) is 0 Å². The number of carbonyl (C=O) groups is 1. The van der Waals surface area contributed by atoms with E-state index in [1.807, 2.05) is 0 Å². The van der Waals surface area contributed by atoms with Gasteiger partial charge < -0.3 is 4.90 Å². The predicted octanol–water partition coefficient (Wildman–Crippen LogP) is -0.379. The van der Waals surface area contributed by atoms with E-state index in [2.05, 4.69) is 4.72 Å². The van der Waals surface area contributed by atoms with Crippen molar-refractivity contribution >= 4 is 27.5 Å². The Morgan fingerprint density at radius 2 is 2.00 bits per heavy atom. The van der Waals surface area contributed by atoms with Crippen LogP contribution in [-0.4, -0.2) is 51.0 Å². The molecule has 84 valence electrons. The van der Waals surface area contributed by atoms with E-state index >= 15 is 0 Å². The first-order valence-corrected chi connectivity index (χ1v) is 6.26. The minimum Gasteiger partial charge on any atom is -0.347 e. The molecule has 0 saturated heterocycles. The number of hydrogen-bond donors (Lipinski definition) is 1. The maximum atomic E-state index is 11.3. The van der Waals surface area contributed by atoms with Gasteiger partial charge in [-0.15, -0.1) is 11.6 Å². The molecule has 0 aliphatic carbocycles. The van der Waals surface area contributed by atoms with Gasteiger partial charge in [0.15, 0.2) is 0 Å². The summed E-state index contributed by atoms with van der Waals surface area (Å²) in [5.74, 6) is -0.458. The first-order valence-electron chi connectivity index (χ1n) is 4.07. The van der Waals surface area contributed by atoms with Gasteiger partial charge in [-0.3, -0.25) is 4.79 Å². The van der Waals surface area contributed by atoms with Crippen molar-refractivity contribution in [3.05, 3.63) is 0 Å². The lowest BCUT2D eigenvalue weighted by Gasteiger charge is -2.17. The highest BCUT2D eigenvalue weighted by Crippen LogP contribution is 1.94. The van der Waals surface area contributed by atoms with E-state index in [0.29, 0.717) is 0 Å². The van der Waals surface area contributed by atoms with Gasteiger partial charge in [0.1, 0.15) is 0 Å². The second kappa shape index (κ2) is 5.53. The van der Waals surface area contributed by atoms with E-state index in [-0.39, 0.29) is 17.5 Å². The van der Waals surface area contributed by atoms with E-state index in [1.165, 1.54) is 11.8 Å². The van der Waals surface area contributed by atoms with Crippen molar-refractivity contribution in [2.75, 3.05) is 25.7 Å². The van der Waals surface area contributed by atoms with Crippen molar-refractivity contribution in [3.63, 3.8) is 0 Å². The van der Waals surface area contributed by atoms with Crippen LogP contribution in [0.25, 0.3) is 0 Å². The number of nitrogens with one attached hydrogen (secondary N) is 1. The van der Waals surface area contributed by atoms with Crippen molar-refractivity contribution in [3.8, 4) is 0 Å². The summed E-state index contributed by atoms with van der Waals surface area (Å²) in [6.45, 7) is 1.49. The Labute approximate surface area is 89.5 Å². The van der Waals surface area contributed by atoms with Gasteiger partial charge in [-0.05, 0) is 6.92 Å². The van der Waals surface area contributed by atoms with Gasteiger partial charge in [-0.2, -0.15) is 0 Å². The van der Waals surface area contributed by atoms with Gasteiger partial charge in [-0.1, -0.05) is 0 Å². The molecular formula is C7H15ClN2O3S. The summed E-state index contributed by atoms with van der Waals surface area (Å²) in [5, 5.41) is 0. The molecule has 0 radical (unpaired) electrons. The Hall–Kier alpha value is -0.330. The maximum Gasteiger partial charge on any atom is 0.239 e. The molecule has 0 bridgehead atoms. The SMILES string of the molecule is CC(NS(=O)(=O)CCCl)C(=O)N(C)C. The second-order valence-corrected chi connectivity index (χ2v) is 5.33. The Morgan fingerprint density at radius 3 is 2.36 bits per heavy atom. The fourth-order valence-electron chi connectivity index (χ4n) is 0.868. The number of amides is 1. The van der Waals surface area contributed by atoms with E-state index < -0.39 is 16.1 Å². The number of nitrogens with zero attached hydrogens (tertiary/aromatic N) is 1. The summed E-state index contributed by atoms with van der Waals surface area (Å²) in [6, 6.07) is -0.752. The number of hydrogen-bond acceptors (Lipinski definition) is 3. The Kier molecular flexibility index (Phi) is 5.40. The summed E-state index contributed by atoms with van der Waals surface area (Å²) < 4.78 is 24.6. The van der Waals surface area contributed by atoms with Crippen molar-refractivity contribution in [1.29, 1.82) is 0 Å². The van der Waals surface area contributed by atoms with Crippen LogP contribution < -0.4 is 4.72 Å². The zero-order valence-corrected chi connectivity index (χ0v) is 10.0. The average Bonchev–Trinajstić information content (AvgIpc) is 2.01. The molecule has 1 N–H and O–H groups in total.